The Morgan fingerprint density at radius 1 is 1.26 bits per heavy atom. The minimum atomic E-state index is 0.719. The summed E-state index contributed by atoms with van der Waals surface area (Å²) in [4.78, 5) is 7.72. The Morgan fingerprint density at radius 2 is 2.05 bits per heavy atom. The molecule has 2 heterocycles. The molecule has 0 fully saturated rings. The summed E-state index contributed by atoms with van der Waals surface area (Å²) in [6, 6.07) is 10.4. The van der Waals surface area contributed by atoms with Gasteiger partial charge in [0.1, 0.15) is 0 Å². The van der Waals surface area contributed by atoms with Gasteiger partial charge < -0.3 is 4.98 Å². The highest BCUT2D eigenvalue weighted by molar-refractivity contribution is 7.71. The largest absolute Gasteiger partial charge is 0.329 e. The number of nitrogens with zero attached hydrogens (tertiary/aromatic N) is 2. The number of fused-ring (bicyclic) bond motifs is 1. The lowest BCUT2D eigenvalue weighted by Crippen LogP contribution is -2.02. The minimum absolute atomic E-state index is 0.719. The first kappa shape index (κ1) is 12.1. The van der Waals surface area contributed by atoms with Gasteiger partial charge in [0.05, 0.1) is 12.1 Å². The van der Waals surface area contributed by atoms with E-state index in [0.29, 0.717) is 0 Å². The molecule has 0 atom stereocenters. The lowest BCUT2D eigenvalue weighted by atomic mass is 10.1. The number of pyridine rings is 1. The van der Waals surface area contributed by atoms with Crippen molar-refractivity contribution < 1.29 is 0 Å². The molecule has 0 aliphatic heterocycles. The van der Waals surface area contributed by atoms with E-state index in [1.165, 1.54) is 11.1 Å². The zero-order valence-corrected chi connectivity index (χ0v) is 11.8. The topological polar surface area (TPSA) is 33.6 Å². The number of H-pyrrole nitrogens is 1. The molecule has 0 saturated carbocycles. The molecule has 0 aliphatic carbocycles. The summed E-state index contributed by atoms with van der Waals surface area (Å²) in [6.45, 7) is 4.90. The van der Waals surface area contributed by atoms with E-state index in [-0.39, 0.29) is 0 Å². The highest BCUT2D eigenvalue weighted by Crippen LogP contribution is 2.16. The van der Waals surface area contributed by atoms with E-state index in [2.05, 4.69) is 47.2 Å². The molecule has 2 aromatic heterocycles. The fourth-order valence-corrected chi connectivity index (χ4v) is 2.51. The first-order valence-electron chi connectivity index (χ1n) is 6.25. The van der Waals surface area contributed by atoms with Gasteiger partial charge in [-0.15, -0.1) is 0 Å². The molecular formula is C15H15N3S. The summed E-state index contributed by atoms with van der Waals surface area (Å²) < 4.78 is 2.77. The average molecular weight is 269 g/mol. The SMILES string of the molecule is Cc1cnc2c(c1)[nH]c(=S)n2Cc1ccccc1C. The lowest BCUT2D eigenvalue weighted by Gasteiger charge is -2.07. The van der Waals surface area contributed by atoms with Crippen LogP contribution in [0.15, 0.2) is 36.5 Å². The van der Waals surface area contributed by atoms with Gasteiger partial charge in [0.25, 0.3) is 0 Å². The van der Waals surface area contributed by atoms with Gasteiger partial charge in [-0.1, -0.05) is 24.3 Å². The van der Waals surface area contributed by atoms with E-state index in [9.17, 15) is 0 Å². The third-order valence-electron chi connectivity index (χ3n) is 3.34. The molecule has 0 radical (unpaired) electrons. The van der Waals surface area contributed by atoms with Crippen molar-refractivity contribution in [3.8, 4) is 0 Å². The molecule has 4 heteroatoms. The molecule has 0 aliphatic rings. The zero-order chi connectivity index (χ0) is 13.4. The van der Waals surface area contributed by atoms with Crippen LogP contribution < -0.4 is 0 Å². The molecule has 0 amide bonds. The lowest BCUT2D eigenvalue weighted by molar-refractivity contribution is 0.795. The molecule has 3 rings (SSSR count). The molecule has 19 heavy (non-hydrogen) atoms. The Balaban J connectivity index is 2.13. The fraction of sp³-hybridized carbons (Fsp3) is 0.200. The summed E-state index contributed by atoms with van der Waals surface area (Å²) in [5, 5.41) is 0. The summed E-state index contributed by atoms with van der Waals surface area (Å²) in [5.74, 6) is 0. The van der Waals surface area contributed by atoms with Crippen LogP contribution in [0.3, 0.4) is 0 Å². The second kappa shape index (κ2) is 4.63. The molecule has 0 spiro atoms. The quantitative estimate of drug-likeness (QED) is 0.719. The van der Waals surface area contributed by atoms with E-state index in [0.717, 1.165) is 28.0 Å². The van der Waals surface area contributed by atoms with Crippen molar-refractivity contribution in [3.63, 3.8) is 0 Å². The van der Waals surface area contributed by atoms with Crippen LogP contribution >= 0.6 is 12.2 Å². The average Bonchev–Trinajstić information content (AvgIpc) is 2.68. The standard InChI is InChI=1S/C15H15N3S/c1-10-7-13-14(16-8-10)18(15(19)17-13)9-12-6-4-3-5-11(12)2/h3-8H,9H2,1-2H3,(H,17,19). The van der Waals surface area contributed by atoms with E-state index < -0.39 is 0 Å². The molecule has 0 bridgehead atoms. The van der Waals surface area contributed by atoms with Crippen molar-refractivity contribution in [1.82, 2.24) is 14.5 Å². The maximum Gasteiger partial charge on any atom is 0.179 e. The summed E-state index contributed by atoms with van der Waals surface area (Å²) in [5.41, 5.74) is 5.58. The monoisotopic (exact) mass is 269 g/mol. The van der Waals surface area contributed by atoms with Crippen LogP contribution in [0.25, 0.3) is 11.2 Å². The highest BCUT2D eigenvalue weighted by Gasteiger charge is 2.07. The predicted octanol–water partition coefficient (Wildman–Crippen LogP) is 3.76. The summed E-state index contributed by atoms with van der Waals surface area (Å²) in [6.07, 6.45) is 1.87. The Kier molecular flexibility index (Phi) is 2.95. The van der Waals surface area contributed by atoms with E-state index in [4.69, 9.17) is 12.2 Å². The van der Waals surface area contributed by atoms with Crippen molar-refractivity contribution in [1.29, 1.82) is 0 Å². The summed E-state index contributed by atoms with van der Waals surface area (Å²) >= 11 is 5.41. The first-order valence-corrected chi connectivity index (χ1v) is 6.65. The molecule has 3 nitrogen and oxygen atoms in total. The number of nitrogens with one attached hydrogen (secondary N) is 1. The van der Waals surface area contributed by atoms with Crippen LogP contribution in [0.2, 0.25) is 0 Å². The maximum absolute atomic E-state index is 5.41. The van der Waals surface area contributed by atoms with E-state index >= 15 is 0 Å². The minimum Gasteiger partial charge on any atom is -0.329 e. The Labute approximate surface area is 116 Å². The molecule has 1 N–H and O–H groups in total. The number of hydrogen-bond acceptors (Lipinski definition) is 2. The van der Waals surface area contributed by atoms with Gasteiger partial charge in [0.2, 0.25) is 0 Å². The maximum atomic E-state index is 5.41. The first-order chi connectivity index (χ1) is 9.15. The zero-order valence-electron chi connectivity index (χ0n) is 11.0. The fourth-order valence-electron chi connectivity index (χ4n) is 2.25. The van der Waals surface area contributed by atoms with Crippen LogP contribution in [0.5, 0.6) is 0 Å². The number of imidazole rings is 1. The molecule has 3 aromatic rings. The predicted molar refractivity (Wildman–Crippen MR) is 79.9 cm³/mol. The van der Waals surface area contributed by atoms with Crippen LogP contribution in [-0.2, 0) is 6.54 Å². The third-order valence-corrected chi connectivity index (χ3v) is 3.66. The van der Waals surface area contributed by atoms with Crippen LogP contribution in [-0.4, -0.2) is 14.5 Å². The van der Waals surface area contributed by atoms with E-state index in [1.54, 1.807) is 0 Å². The van der Waals surface area contributed by atoms with Gasteiger partial charge in [-0.2, -0.15) is 0 Å². The van der Waals surface area contributed by atoms with Crippen LogP contribution in [0.4, 0.5) is 0 Å². The number of hydrogen-bond donors (Lipinski definition) is 1. The number of benzene rings is 1. The molecule has 0 saturated heterocycles. The van der Waals surface area contributed by atoms with Crippen LogP contribution in [0, 0.1) is 18.6 Å². The number of aromatic amines is 1. The second-order valence-corrected chi connectivity index (χ2v) is 5.21. The molecule has 1 aromatic carbocycles. The highest BCUT2D eigenvalue weighted by atomic mass is 32.1. The smallest absolute Gasteiger partial charge is 0.179 e. The van der Waals surface area contributed by atoms with Gasteiger partial charge in [-0.05, 0) is 48.8 Å². The Hall–Kier alpha value is -1.94. The van der Waals surface area contributed by atoms with Gasteiger partial charge in [0.15, 0.2) is 10.4 Å². The summed E-state index contributed by atoms with van der Waals surface area (Å²) in [7, 11) is 0. The van der Waals surface area contributed by atoms with Crippen molar-refractivity contribution in [3.05, 3.63) is 58.0 Å². The van der Waals surface area contributed by atoms with Crippen LogP contribution in [0.1, 0.15) is 16.7 Å². The molecule has 0 unspecified atom stereocenters. The second-order valence-electron chi connectivity index (χ2n) is 4.83. The number of rotatable bonds is 2. The van der Waals surface area contributed by atoms with Gasteiger partial charge in [0, 0.05) is 6.20 Å². The Bertz CT molecular complexity index is 799. The van der Waals surface area contributed by atoms with Gasteiger partial charge >= 0.3 is 0 Å². The molecule has 96 valence electrons. The van der Waals surface area contributed by atoms with Crippen molar-refractivity contribution >= 4 is 23.4 Å². The van der Waals surface area contributed by atoms with E-state index in [1.807, 2.05) is 17.7 Å². The van der Waals surface area contributed by atoms with Gasteiger partial charge in [-0.3, -0.25) is 4.57 Å². The Morgan fingerprint density at radius 3 is 2.84 bits per heavy atom. The number of aryl methyl sites for hydroxylation is 2. The third kappa shape index (κ3) is 2.19. The number of aromatic nitrogens is 3. The van der Waals surface area contributed by atoms with Crippen molar-refractivity contribution in [2.75, 3.05) is 0 Å². The van der Waals surface area contributed by atoms with Crippen molar-refractivity contribution in [2.24, 2.45) is 0 Å². The normalized spacial score (nSPS) is 11.1. The van der Waals surface area contributed by atoms with Gasteiger partial charge in [-0.25, -0.2) is 4.98 Å². The molecular weight excluding hydrogens is 254 g/mol. The van der Waals surface area contributed by atoms with Crippen molar-refractivity contribution in [2.45, 2.75) is 20.4 Å².